The highest BCUT2D eigenvalue weighted by molar-refractivity contribution is 7.98. The van der Waals surface area contributed by atoms with E-state index in [4.69, 9.17) is 22.4 Å². The molecule has 84 valence electrons. The van der Waals surface area contributed by atoms with E-state index in [-0.39, 0.29) is 12.6 Å². The van der Waals surface area contributed by atoms with Gasteiger partial charge in [0.1, 0.15) is 0 Å². The van der Waals surface area contributed by atoms with Crippen molar-refractivity contribution in [2.75, 3.05) is 12.4 Å². The summed E-state index contributed by atoms with van der Waals surface area (Å²) in [5.74, 6) is 1.85. The van der Waals surface area contributed by atoms with Gasteiger partial charge in [-0.15, -0.1) is 0 Å². The molecule has 3 N–H and O–H groups in total. The van der Waals surface area contributed by atoms with Gasteiger partial charge in [0.25, 0.3) is 0 Å². The molecular weight excluding hydrogens is 230 g/mol. The Hall–Kier alpha value is -0.220. The zero-order valence-corrected chi connectivity index (χ0v) is 10.1. The molecular formula is C11H16ClNOS. The number of thioether (sulfide) groups is 1. The first-order chi connectivity index (χ1) is 7.24. The van der Waals surface area contributed by atoms with Crippen molar-refractivity contribution < 1.29 is 5.11 Å². The Kier molecular flexibility index (Phi) is 6.10. The van der Waals surface area contributed by atoms with Crippen LogP contribution in [0.2, 0.25) is 5.02 Å². The second-order valence-corrected chi connectivity index (χ2v) is 4.89. The average Bonchev–Trinajstić information content (AvgIpc) is 2.26. The quantitative estimate of drug-likeness (QED) is 0.756. The lowest BCUT2D eigenvalue weighted by atomic mass is 10.2. The fraction of sp³-hybridized carbons (Fsp3) is 0.455. The van der Waals surface area contributed by atoms with Crippen molar-refractivity contribution in [1.29, 1.82) is 0 Å². The summed E-state index contributed by atoms with van der Waals surface area (Å²) in [6.07, 6.45) is 0.839. The zero-order valence-electron chi connectivity index (χ0n) is 8.53. The number of hydrogen-bond acceptors (Lipinski definition) is 3. The molecule has 0 aliphatic heterocycles. The largest absolute Gasteiger partial charge is 0.395 e. The fourth-order valence-electron chi connectivity index (χ4n) is 1.12. The van der Waals surface area contributed by atoms with Crippen LogP contribution in [-0.4, -0.2) is 23.5 Å². The second-order valence-electron chi connectivity index (χ2n) is 3.38. The van der Waals surface area contributed by atoms with Crippen LogP contribution in [0.25, 0.3) is 0 Å². The molecule has 0 heterocycles. The van der Waals surface area contributed by atoms with Gasteiger partial charge in [-0.25, -0.2) is 0 Å². The van der Waals surface area contributed by atoms with Crippen LogP contribution in [-0.2, 0) is 5.75 Å². The highest BCUT2D eigenvalue weighted by atomic mass is 35.5. The molecule has 0 aliphatic carbocycles. The van der Waals surface area contributed by atoms with E-state index >= 15 is 0 Å². The van der Waals surface area contributed by atoms with Crippen molar-refractivity contribution in [1.82, 2.24) is 0 Å². The summed E-state index contributed by atoms with van der Waals surface area (Å²) < 4.78 is 0. The normalized spacial score (nSPS) is 12.7. The van der Waals surface area contributed by atoms with Crippen LogP contribution in [0.1, 0.15) is 12.0 Å². The van der Waals surface area contributed by atoms with E-state index in [9.17, 15) is 0 Å². The van der Waals surface area contributed by atoms with Gasteiger partial charge in [-0.2, -0.15) is 11.8 Å². The van der Waals surface area contributed by atoms with Crippen LogP contribution in [0, 0.1) is 0 Å². The van der Waals surface area contributed by atoms with Crippen molar-refractivity contribution in [3.8, 4) is 0 Å². The molecule has 0 fully saturated rings. The Morgan fingerprint density at radius 2 is 2.13 bits per heavy atom. The van der Waals surface area contributed by atoms with Gasteiger partial charge in [-0.05, 0) is 23.8 Å². The first-order valence-corrected chi connectivity index (χ1v) is 6.45. The van der Waals surface area contributed by atoms with Crippen LogP contribution in [0.5, 0.6) is 0 Å². The monoisotopic (exact) mass is 245 g/mol. The van der Waals surface area contributed by atoms with E-state index in [0.29, 0.717) is 0 Å². The summed E-state index contributed by atoms with van der Waals surface area (Å²) in [5.41, 5.74) is 6.75. The average molecular weight is 246 g/mol. The highest BCUT2D eigenvalue weighted by Crippen LogP contribution is 2.21. The zero-order chi connectivity index (χ0) is 11.1. The Morgan fingerprint density at radius 3 is 2.80 bits per heavy atom. The van der Waals surface area contributed by atoms with E-state index in [1.165, 1.54) is 0 Å². The predicted molar refractivity (Wildman–Crippen MR) is 67.3 cm³/mol. The van der Waals surface area contributed by atoms with Gasteiger partial charge in [0.2, 0.25) is 0 Å². The van der Waals surface area contributed by atoms with E-state index in [1.54, 1.807) is 11.8 Å². The maximum Gasteiger partial charge on any atom is 0.0582 e. The molecule has 0 aliphatic rings. The highest BCUT2D eigenvalue weighted by Gasteiger charge is 2.01. The van der Waals surface area contributed by atoms with E-state index in [0.717, 1.165) is 28.5 Å². The minimum Gasteiger partial charge on any atom is -0.395 e. The van der Waals surface area contributed by atoms with Gasteiger partial charge in [-0.3, -0.25) is 0 Å². The van der Waals surface area contributed by atoms with Gasteiger partial charge < -0.3 is 10.8 Å². The lowest BCUT2D eigenvalue weighted by molar-refractivity contribution is 0.264. The van der Waals surface area contributed by atoms with Gasteiger partial charge in [0, 0.05) is 16.8 Å². The minimum atomic E-state index is -0.0938. The molecule has 2 nitrogen and oxygen atoms in total. The summed E-state index contributed by atoms with van der Waals surface area (Å²) in [5, 5.41) is 9.56. The molecule has 1 unspecified atom stereocenters. The summed E-state index contributed by atoms with van der Waals surface area (Å²) in [7, 11) is 0. The molecule has 0 amide bonds. The number of halogens is 1. The number of aliphatic hydroxyl groups excluding tert-OH is 1. The van der Waals surface area contributed by atoms with Gasteiger partial charge >= 0.3 is 0 Å². The van der Waals surface area contributed by atoms with Crippen molar-refractivity contribution in [2.24, 2.45) is 5.73 Å². The van der Waals surface area contributed by atoms with Crippen LogP contribution in [0.3, 0.4) is 0 Å². The maximum atomic E-state index is 8.74. The maximum absolute atomic E-state index is 8.74. The van der Waals surface area contributed by atoms with E-state index in [1.807, 2.05) is 24.3 Å². The molecule has 1 aromatic rings. The molecule has 0 radical (unpaired) electrons. The molecule has 0 saturated heterocycles. The molecule has 1 rings (SSSR count). The molecule has 0 bridgehead atoms. The summed E-state index contributed by atoms with van der Waals surface area (Å²) in [6.45, 7) is 0.0622. The Labute approximate surface area is 99.8 Å². The first-order valence-electron chi connectivity index (χ1n) is 4.91. The third kappa shape index (κ3) is 4.89. The number of aliphatic hydroxyl groups is 1. The number of nitrogens with two attached hydrogens (primary N) is 1. The number of rotatable bonds is 6. The van der Waals surface area contributed by atoms with Crippen LogP contribution in [0.15, 0.2) is 24.3 Å². The van der Waals surface area contributed by atoms with Crippen LogP contribution >= 0.6 is 23.4 Å². The van der Waals surface area contributed by atoms with E-state index in [2.05, 4.69) is 0 Å². The predicted octanol–water partition coefficient (Wildman–Crippen LogP) is 2.28. The van der Waals surface area contributed by atoms with Crippen LogP contribution in [0.4, 0.5) is 0 Å². The Balaban J connectivity index is 2.23. The van der Waals surface area contributed by atoms with Crippen molar-refractivity contribution in [3.05, 3.63) is 34.9 Å². The smallest absolute Gasteiger partial charge is 0.0582 e. The van der Waals surface area contributed by atoms with Crippen molar-refractivity contribution in [2.45, 2.75) is 18.2 Å². The van der Waals surface area contributed by atoms with Crippen molar-refractivity contribution in [3.63, 3.8) is 0 Å². The van der Waals surface area contributed by atoms with Gasteiger partial charge in [0.15, 0.2) is 0 Å². The molecule has 0 saturated carbocycles. The standard InChI is InChI=1S/C11H16ClNOS/c12-11-4-2-1-3-9(11)8-15-6-5-10(13)7-14/h1-4,10,14H,5-8,13H2. The third-order valence-electron chi connectivity index (χ3n) is 2.08. The molecule has 4 heteroatoms. The lowest BCUT2D eigenvalue weighted by Gasteiger charge is -2.07. The summed E-state index contributed by atoms with van der Waals surface area (Å²) in [6, 6.07) is 7.75. The first kappa shape index (κ1) is 12.8. The minimum absolute atomic E-state index is 0.0622. The lowest BCUT2D eigenvalue weighted by Crippen LogP contribution is -2.24. The van der Waals surface area contributed by atoms with Crippen molar-refractivity contribution >= 4 is 23.4 Å². The second kappa shape index (κ2) is 7.12. The van der Waals surface area contributed by atoms with E-state index < -0.39 is 0 Å². The van der Waals surface area contributed by atoms with Gasteiger partial charge in [-0.1, -0.05) is 29.8 Å². The van der Waals surface area contributed by atoms with Gasteiger partial charge in [0.05, 0.1) is 6.61 Å². The number of benzene rings is 1. The Bertz CT molecular complexity index is 296. The van der Waals surface area contributed by atoms with Crippen LogP contribution < -0.4 is 5.73 Å². The molecule has 0 spiro atoms. The molecule has 1 aromatic carbocycles. The fourth-order valence-corrected chi connectivity index (χ4v) is 2.49. The topological polar surface area (TPSA) is 46.2 Å². The molecule has 0 aromatic heterocycles. The number of hydrogen-bond donors (Lipinski definition) is 2. The molecule has 15 heavy (non-hydrogen) atoms. The third-order valence-corrected chi connectivity index (χ3v) is 3.49. The summed E-state index contributed by atoms with van der Waals surface area (Å²) >= 11 is 7.80. The SMILES string of the molecule is NC(CO)CCSCc1ccccc1Cl. The molecule has 1 atom stereocenters. The Morgan fingerprint density at radius 1 is 1.40 bits per heavy atom. The summed E-state index contributed by atoms with van der Waals surface area (Å²) in [4.78, 5) is 0.